The third kappa shape index (κ3) is 7.94. The number of halogens is 3. The van der Waals surface area contributed by atoms with Crippen molar-refractivity contribution in [2.45, 2.75) is 59.0 Å². The molecule has 42 heavy (non-hydrogen) atoms. The maximum atomic E-state index is 13.5. The van der Waals surface area contributed by atoms with Gasteiger partial charge in [-0.3, -0.25) is 9.78 Å². The van der Waals surface area contributed by atoms with Crippen LogP contribution in [0.5, 0.6) is 0 Å². The summed E-state index contributed by atoms with van der Waals surface area (Å²) >= 11 is 1.52. The van der Waals surface area contributed by atoms with E-state index in [0.29, 0.717) is 16.7 Å². The predicted octanol–water partition coefficient (Wildman–Crippen LogP) is 7.72. The van der Waals surface area contributed by atoms with Crippen LogP contribution in [0.3, 0.4) is 0 Å². The maximum Gasteiger partial charge on any atom is 0.416 e. The van der Waals surface area contributed by atoms with Gasteiger partial charge in [0, 0.05) is 18.9 Å². The number of amides is 2. The zero-order valence-corrected chi connectivity index (χ0v) is 24.6. The summed E-state index contributed by atoms with van der Waals surface area (Å²) in [5.41, 5.74) is 1.68. The monoisotopic (exact) mass is 596 g/mol. The van der Waals surface area contributed by atoms with E-state index in [4.69, 9.17) is 4.74 Å². The zero-order chi connectivity index (χ0) is 30.7. The molecule has 11 heteroatoms. The van der Waals surface area contributed by atoms with Crippen LogP contribution in [0.15, 0.2) is 67.0 Å². The number of nitrogens with one attached hydrogen (secondary N) is 2. The molecule has 0 aliphatic heterocycles. The number of carbonyl (C=O) groups is 2. The fraction of sp³-hybridized carbons (Fsp3) is 0.290. The molecule has 1 atom stereocenters. The van der Waals surface area contributed by atoms with Crippen molar-refractivity contribution in [2.24, 2.45) is 0 Å². The van der Waals surface area contributed by atoms with E-state index in [9.17, 15) is 22.8 Å². The molecule has 2 aromatic carbocycles. The van der Waals surface area contributed by atoms with Crippen LogP contribution in [0, 0.1) is 6.92 Å². The highest BCUT2D eigenvalue weighted by molar-refractivity contribution is 7.15. The second kappa shape index (κ2) is 12.3. The number of nitrogens with zero attached hydrogens (tertiary/aromatic N) is 2. The van der Waals surface area contributed by atoms with Gasteiger partial charge in [0.1, 0.15) is 11.3 Å². The highest BCUT2D eigenvalue weighted by atomic mass is 32.1. The Morgan fingerprint density at radius 2 is 1.69 bits per heavy atom. The second-order valence-corrected chi connectivity index (χ2v) is 12.0. The Morgan fingerprint density at radius 1 is 0.976 bits per heavy atom. The number of ether oxygens (including phenoxy) is 1. The van der Waals surface area contributed by atoms with Crippen LogP contribution in [0.2, 0.25) is 0 Å². The van der Waals surface area contributed by atoms with Gasteiger partial charge >= 0.3 is 12.3 Å². The number of alkyl halides is 3. The largest absolute Gasteiger partial charge is 0.444 e. The van der Waals surface area contributed by atoms with Gasteiger partial charge in [-0.1, -0.05) is 30.3 Å². The number of aryl methyl sites for hydroxylation is 1. The summed E-state index contributed by atoms with van der Waals surface area (Å²) in [6.45, 7) is 8.85. The van der Waals surface area contributed by atoms with E-state index in [0.717, 1.165) is 33.1 Å². The molecule has 220 valence electrons. The topological polar surface area (TPSA) is 93.2 Å². The molecule has 0 unspecified atom stereocenters. The van der Waals surface area contributed by atoms with Gasteiger partial charge < -0.3 is 15.4 Å². The summed E-state index contributed by atoms with van der Waals surface area (Å²) in [5, 5.41) is 6.45. The van der Waals surface area contributed by atoms with Crippen molar-refractivity contribution in [1.29, 1.82) is 0 Å². The van der Waals surface area contributed by atoms with E-state index in [2.05, 4.69) is 20.6 Å². The van der Waals surface area contributed by atoms with Crippen molar-refractivity contribution in [1.82, 2.24) is 20.6 Å². The Kier molecular flexibility index (Phi) is 9.00. The van der Waals surface area contributed by atoms with Gasteiger partial charge in [-0.05, 0) is 86.7 Å². The lowest BCUT2D eigenvalue weighted by atomic mass is 9.95. The lowest BCUT2D eigenvalue weighted by Crippen LogP contribution is -2.32. The SMILES string of the molecule is Cc1ncc(-c2ccnc(C(=O)N[C@H](C)c3ccc(-c4cc(C(F)(F)F)ccc4CNC(=O)OC(C)(C)C)cc3)c2)s1. The minimum absolute atomic E-state index is 0.0240. The molecule has 0 saturated carbocycles. The Balaban J connectivity index is 1.51. The zero-order valence-electron chi connectivity index (χ0n) is 23.8. The van der Waals surface area contributed by atoms with Crippen molar-refractivity contribution in [3.05, 3.63) is 94.4 Å². The number of aromatic nitrogens is 2. The molecule has 0 fully saturated rings. The Labute approximate surface area is 246 Å². The standard InChI is InChI=1S/C31H31F3N4O3S/c1-18(38-28(39)26-14-22(12-13-35-26)27-17-36-19(2)42-27)20-6-8-21(9-7-20)25-15-24(31(32,33)34)11-10-23(25)16-37-29(40)41-30(3,4)5/h6-15,17-18H,16H2,1-5H3,(H,37,40)(H,38,39)/t18-/m1/s1. The van der Waals surface area contributed by atoms with E-state index in [-0.39, 0.29) is 18.1 Å². The molecule has 2 amide bonds. The molecule has 0 saturated heterocycles. The lowest BCUT2D eigenvalue weighted by molar-refractivity contribution is -0.137. The van der Waals surface area contributed by atoms with Crippen molar-refractivity contribution < 1.29 is 27.5 Å². The summed E-state index contributed by atoms with van der Waals surface area (Å²) in [6, 6.07) is 13.4. The fourth-order valence-electron chi connectivity index (χ4n) is 4.17. The minimum atomic E-state index is -4.53. The molecule has 0 aliphatic rings. The highest BCUT2D eigenvalue weighted by Crippen LogP contribution is 2.35. The smallest absolute Gasteiger partial charge is 0.416 e. The van der Waals surface area contributed by atoms with Gasteiger partial charge in [-0.25, -0.2) is 9.78 Å². The number of carbonyl (C=O) groups excluding carboxylic acids is 2. The van der Waals surface area contributed by atoms with Crippen LogP contribution < -0.4 is 10.6 Å². The number of pyridine rings is 1. The Bertz CT molecular complexity index is 1580. The van der Waals surface area contributed by atoms with Gasteiger partial charge in [0.15, 0.2) is 0 Å². The lowest BCUT2D eigenvalue weighted by Gasteiger charge is -2.20. The van der Waals surface area contributed by atoms with Gasteiger partial charge in [0.25, 0.3) is 5.91 Å². The van der Waals surface area contributed by atoms with Gasteiger partial charge in [0.05, 0.1) is 21.5 Å². The first-order valence-corrected chi connectivity index (χ1v) is 14.0. The molecule has 0 bridgehead atoms. The van der Waals surface area contributed by atoms with Crippen molar-refractivity contribution in [2.75, 3.05) is 0 Å². The molecular formula is C31H31F3N4O3S. The summed E-state index contributed by atoms with van der Waals surface area (Å²) in [7, 11) is 0. The summed E-state index contributed by atoms with van der Waals surface area (Å²) in [4.78, 5) is 34.5. The molecule has 0 spiro atoms. The average molecular weight is 597 g/mol. The fourth-order valence-corrected chi connectivity index (χ4v) is 4.94. The van der Waals surface area contributed by atoms with Crippen molar-refractivity contribution in [3.8, 4) is 21.6 Å². The number of alkyl carbamates (subject to hydrolysis) is 1. The third-order valence-electron chi connectivity index (χ3n) is 6.23. The van der Waals surface area contributed by atoms with E-state index in [1.165, 1.54) is 17.4 Å². The van der Waals surface area contributed by atoms with Crippen molar-refractivity contribution >= 4 is 23.3 Å². The Hall–Kier alpha value is -4.25. The maximum absolute atomic E-state index is 13.5. The first kappa shape index (κ1) is 30.7. The quantitative estimate of drug-likeness (QED) is 0.228. The molecule has 7 nitrogen and oxygen atoms in total. The predicted molar refractivity (Wildman–Crippen MR) is 156 cm³/mol. The number of rotatable bonds is 7. The van der Waals surface area contributed by atoms with E-state index >= 15 is 0 Å². The molecule has 2 heterocycles. The number of hydrogen-bond donors (Lipinski definition) is 2. The summed E-state index contributed by atoms with van der Waals surface area (Å²) < 4.78 is 45.8. The van der Waals surface area contributed by atoms with Crippen molar-refractivity contribution in [3.63, 3.8) is 0 Å². The van der Waals surface area contributed by atoms with Crippen LogP contribution in [0.1, 0.15) is 65.9 Å². The van der Waals surface area contributed by atoms with Crippen LogP contribution in [0.4, 0.5) is 18.0 Å². The first-order valence-electron chi connectivity index (χ1n) is 13.2. The normalized spacial score (nSPS) is 12.5. The van der Waals surface area contributed by atoms with Crippen LogP contribution in [-0.4, -0.2) is 27.6 Å². The minimum Gasteiger partial charge on any atom is -0.444 e. The third-order valence-corrected chi connectivity index (χ3v) is 7.19. The second-order valence-electron chi connectivity index (χ2n) is 10.7. The Morgan fingerprint density at radius 3 is 2.31 bits per heavy atom. The summed E-state index contributed by atoms with van der Waals surface area (Å²) in [5.74, 6) is -0.358. The molecule has 4 aromatic rings. The van der Waals surface area contributed by atoms with Gasteiger partial charge in [-0.2, -0.15) is 13.2 Å². The number of hydrogen-bond acceptors (Lipinski definition) is 6. The van der Waals surface area contributed by atoms with Gasteiger partial charge in [0.2, 0.25) is 0 Å². The highest BCUT2D eigenvalue weighted by Gasteiger charge is 2.31. The first-order chi connectivity index (χ1) is 19.7. The molecule has 4 rings (SSSR count). The van der Waals surface area contributed by atoms with Crippen LogP contribution >= 0.6 is 11.3 Å². The van der Waals surface area contributed by atoms with E-state index < -0.39 is 29.5 Å². The van der Waals surface area contributed by atoms with Crippen LogP contribution in [-0.2, 0) is 17.5 Å². The molecule has 0 aliphatic carbocycles. The molecule has 0 radical (unpaired) electrons. The number of thiazole rings is 1. The molecular weight excluding hydrogens is 565 g/mol. The van der Waals surface area contributed by atoms with Gasteiger partial charge in [-0.15, -0.1) is 11.3 Å². The molecule has 2 N–H and O–H groups in total. The average Bonchev–Trinajstić information content (AvgIpc) is 3.36. The summed E-state index contributed by atoms with van der Waals surface area (Å²) in [6.07, 6.45) is -1.88. The van der Waals surface area contributed by atoms with E-state index in [1.54, 1.807) is 63.5 Å². The molecule has 2 aromatic heterocycles. The van der Waals surface area contributed by atoms with Crippen LogP contribution in [0.25, 0.3) is 21.6 Å². The number of benzene rings is 2. The van der Waals surface area contributed by atoms with E-state index in [1.807, 2.05) is 19.9 Å².